The largest absolute Gasteiger partial charge is 0.368 e. The maximum atomic E-state index is 13.8. The monoisotopic (exact) mass is 337 g/mol. The van der Waals surface area contributed by atoms with Crippen molar-refractivity contribution in [1.29, 1.82) is 0 Å². The molecule has 3 amide bonds. The second-order valence-corrected chi connectivity index (χ2v) is 5.82. The molecule has 0 spiro atoms. The van der Waals surface area contributed by atoms with Gasteiger partial charge < -0.3 is 16.4 Å². The molecule has 3 atom stereocenters. The van der Waals surface area contributed by atoms with Crippen LogP contribution in [0, 0.1) is 11.7 Å². The van der Waals surface area contributed by atoms with Crippen molar-refractivity contribution in [3.8, 4) is 0 Å². The third-order valence-electron chi connectivity index (χ3n) is 3.89. The molecular weight excluding hydrogens is 313 g/mol. The van der Waals surface area contributed by atoms with Crippen molar-refractivity contribution in [3.05, 3.63) is 35.6 Å². The fourth-order valence-corrected chi connectivity index (χ4v) is 2.32. The smallest absolute Gasteiger partial charge is 0.243 e. The van der Waals surface area contributed by atoms with Crippen LogP contribution in [0.15, 0.2) is 24.3 Å². The Balaban J connectivity index is 2.94. The quantitative estimate of drug-likeness (QED) is 0.656. The van der Waals surface area contributed by atoms with E-state index in [1.807, 2.05) is 6.92 Å². The van der Waals surface area contributed by atoms with Gasteiger partial charge in [0, 0.05) is 13.3 Å². The van der Waals surface area contributed by atoms with Crippen LogP contribution in [0.5, 0.6) is 0 Å². The number of nitrogens with one attached hydrogen (secondary N) is 2. The topological polar surface area (TPSA) is 101 Å². The molecule has 1 aromatic carbocycles. The molecule has 0 aliphatic carbocycles. The van der Waals surface area contributed by atoms with Crippen LogP contribution in [0.3, 0.4) is 0 Å². The lowest BCUT2D eigenvalue weighted by Gasteiger charge is -2.25. The summed E-state index contributed by atoms with van der Waals surface area (Å²) in [5.41, 5.74) is 5.64. The van der Waals surface area contributed by atoms with Crippen molar-refractivity contribution in [2.24, 2.45) is 11.7 Å². The minimum absolute atomic E-state index is 0.0237. The first-order chi connectivity index (χ1) is 11.3. The third-order valence-corrected chi connectivity index (χ3v) is 3.89. The van der Waals surface area contributed by atoms with Crippen molar-refractivity contribution in [1.82, 2.24) is 10.6 Å². The van der Waals surface area contributed by atoms with Gasteiger partial charge in [0.15, 0.2) is 0 Å². The summed E-state index contributed by atoms with van der Waals surface area (Å²) in [4.78, 5) is 35.4. The van der Waals surface area contributed by atoms with Gasteiger partial charge in [-0.1, -0.05) is 38.5 Å². The van der Waals surface area contributed by atoms with E-state index >= 15 is 0 Å². The molecule has 0 fully saturated rings. The van der Waals surface area contributed by atoms with Gasteiger partial charge in [-0.2, -0.15) is 0 Å². The number of rotatable bonds is 8. The van der Waals surface area contributed by atoms with Gasteiger partial charge >= 0.3 is 0 Å². The Morgan fingerprint density at radius 2 is 1.83 bits per heavy atom. The van der Waals surface area contributed by atoms with Crippen LogP contribution in [0.25, 0.3) is 0 Å². The lowest BCUT2D eigenvalue weighted by Crippen LogP contribution is -2.55. The van der Waals surface area contributed by atoms with Crippen molar-refractivity contribution >= 4 is 17.7 Å². The van der Waals surface area contributed by atoms with Gasteiger partial charge in [0.05, 0.1) is 0 Å². The number of hydrogen-bond acceptors (Lipinski definition) is 3. The molecule has 0 saturated carbocycles. The zero-order chi connectivity index (χ0) is 18.3. The zero-order valence-electron chi connectivity index (χ0n) is 14.1. The molecule has 0 aliphatic rings. The van der Waals surface area contributed by atoms with Gasteiger partial charge in [-0.15, -0.1) is 0 Å². The van der Waals surface area contributed by atoms with Crippen molar-refractivity contribution in [3.63, 3.8) is 0 Å². The maximum Gasteiger partial charge on any atom is 0.243 e. The summed E-state index contributed by atoms with van der Waals surface area (Å²) in [6.07, 6.45) is 0.621. The van der Waals surface area contributed by atoms with Gasteiger partial charge in [0.2, 0.25) is 17.7 Å². The summed E-state index contributed by atoms with van der Waals surface area (Å²) in [7, 11) is 0. The summed E-state index contributed by atoms with van der Waals surface area (Å²) in [5, 5.41) is 5.05. The van der Waals surface area contributed by atoms with Crippen LogP contribution in [-0.4, -0.2) is 29.8 Å². The summed E-state index contributed by atoms with van der Waals surface area (Å²) in [6, 6.07) is 4.16. The Labute approximate surface area is 141 Å². The number of primary amides is 1. The van der Waals surface area contributed by atoms with Gasteiger partial charge in [-0.3, -0.25) is 14.4 Å². The molecule has 4 N–H and O–H groups in total. The number of carbonyl (C=O) groups is 3. The van der Waals surface area contributed by atoms with Crippen molar-refractivity contribution < 1.29 is 18.8 Å². The minimum Gasteiger partial charge on any atom is -0.368 e. The average molecular weight is 337 g/mol. The fraction of sp³-hybridized carbons (Fsp3) is 0.471. The van der Waals surface area contributed by atoms with Gasteiger partial charge in [0.25, 0.3) is 0 Å². The molecule has 0 radical (unpaired) electrons. The molecule has 0 saturated heterocycles. The Hall–Kier alpha value is -2.44. The predicted octanol–water partition coefficient (Wildman–Crippen LogP) is 0.889. The standard InChI is InChI=1S/C17H24FN3O3/c1-4-10(2)15(16(19)23)21-17(24)14(20-11(3)22)9-12-7-5-6-8-13(12)18/h5-8,10,14-15H,4,9H2,1-3H3,(H2,19,23)(H,20,22)(H,21,24)/t10-,14-,15+/m0/s1. The predicted molar refractivity (Wildman–Crippen MR) is 88.3 cm³/mol. The van der Waals surface area contributed by atoms with Crippen LogP contribution < -0.4 is 16.4 Å². The number of hydrogen-bond donors (Lipinski definition) is 3. The number of nitrogens with two attached hydrogens (primary N) is 1. The van der Waals surface area contributed by atoms with E-state index in [2.05, 4.69) is 10.6 Å². The third kappa shape index (κ3) is 5.64. The Kier molecular flexibility index (Phi) is 7.35. The summed E-state index contributed by atoms with van der Waals surface area (Å²) in [5.74, 6) is -2.26. The van der Waals surface area contributed by atoms with Gasteiger partial charge in [0.1, 0.15) is 17.9 Å². The molecule has 132 valence electrons. The van der Waals surface area contributed by atoms with Crippen LogP contribution in [0.2, 0.25) is 0 Å². The molecule has 1 rings (SSSR count). The molecule has 6 nitrogen and oxygen atoms in total. The Morgan fingerprint density at radius 3 is 2.33 bits per heavy atom. The highest BCUT2D eigenvalue weighted by Gasteiger charge is 2.28. The average Bonchev–Trinajstić information content (AvgIpc) is 2.52. The highest BCUT2D eigenvalue weighted by Crippen LogP contribution is 2.11. The first-order valence-electron chi connectivity index (χ1n) is 7.86. The highest BCUT2D eigenvalue weighted by atomic mass is 19.1. The fourth-order valence-electron chi connectivity index (χ4n) is 2.32. The molecule has 0 heterocycles. The molecule has 0 unspecified atom stereocenters. The van der Waals surface area contributed by atoms with Crippen LogP contribution in [0.1, 0.15) is 32.8 Å². The molecular formula is C17H24FN3O3. The van der Waals surface area contributed by atoms with E-state index in [1.165, 1.54) is 19.1 Å². The number of halogens is 1. The normalized spacial score (nSPS) is 14.3. The van der Waals surface area contributed by atoms with Crippen LogP contribution in [-0.2, 0) is 20.8 Å². The summed E-state index contributed by atoms with van der Waals surface area (Å²) in [6.45, 7) is 4.93. The molecule has 1 aromatic rings. The van der Waals surface area contributed by atoms with Crippen LogP contribution in [0.4, 0.5) is 4.39 Å². The van der Waals surface area contributed by atoms with E-state index in [-0.39, 0.29) is 12.3 Å². The molecule has 7 heteroatoms. The summed E-state index contributed by atoms with van der Waals surface area (Å²) >= 11 is 0. The second kappa shape index (κ2) is 9.00. The Bertz CT molecular complexity index is 606. The van der Waals surface area contributed by atoms with Gasteiger partial charge in [-0.25, -0.2) is 4.39 Å². The minimum atomic E-state index is -0.995. The van der Waals surface area contributed by atoms with Gasteiger partial charge in [-0.05, 0) is 17.5 Å². The second-order valence-electron chi connectivity index (χ2n) is 5.82. The van der Waals surface area contributed by atoms with Crippen LogP contribution >= 0.6 is 0 Å². The van der Waals surface area contributed by atoms with E-state index < -0.39 is 35.6 Å². The molecule has 0 bridgehead atoms. The Morgan fingerprint density at radius 1 is 1.21 bits per heavy atom. The SMILES string of the molecule is CC[C@H](C)[C@@H](NC(=O)[C@H](Cc1ccccc1F)NC(C)=O)C(N)=O. The molecule has 0 aromatic heterocycles. The first-order valence-corrected chi connectivity index (χ1v) is 7.86. The van der Waals surface area contributed by atoms with E-state index in [0.29, 0.717) is 12.0 Å². The van der Waals surface area contributed by atoms with E-state index in [1.54, 1.807) is 19.1 Å². The van der Waals surface area contributed by atoms with Crippen molar-refractivity contribution in [2.45, 2.75) is 45.7 Å². The lowest BCUT2D eigenvalue weighted by atomic mass is 9.97. The van der Waals surface area contributed by atoms with E-state index in [0.717, 1.165) is 0 Å². The van der Waals surface area contributed by atoms with E-state index in [4.69, 9.17) is 5.73 Å². The zero-order valence-corrected chi connectivity index (χ0v) is 14.1. The maximum absolute atomic E-state index is 13.8. The number of amides is 3. The molecule has 0 aliphatic heterocycles. The van der Waals surface area contributed by atoms with E-state index in [9.17, 15) is 18.8 Å². The number of benzene rings is 1. The highest BCUT2D eigenvalue weighted by molar-refractivity contribution is 5.91. The molecule has 24 heavy (non-hydrogen) atoms. The number of carbonyl (C=O) groups excluding carboxylic acids is 3. The summed E-state index contributed by atoms with van der Waals surface area (Å²) < 4.78 is 13.8. The first kappa shape index (κ1) is 19.6. The van der Waals surface area contributed by atoms with Crippen molar-refractivity contribution in [2.75, 3.05) is 0 Å². The lowest BCUT2D eigenvalue weighted by molar-refractivity contribution is -0.131.